The molecule has 21 heavy (non-hydrogen) atoms. The van der Waals surface area contributed by atoms with Gasteiger partial charge in [-0.05, 0) is 18.2 Å². The molecule has 1 heterocycles. The van der Waals surface area contributed by atoms with E-state index < -0.39 is 5.91 Å². The quantitative estimate of drug-likeness (QED) is 0.595. The molecule has 7 heteroatoms. The summed E-state index contributed by atoms with van der Waals surface area (Å²) < 4.78 is 9.96. The van der Waals surface area contributed by atoms with Crippen LogP contribution in [0.3, 0.4) is 0 Å². The molecule has 0 aliphatic carbocycles. The first-order valence-corrected chi connectivity index (χ1v) is 6.35. The minimum absolute atomic E-state index is 0.277. The van der Waals surface area contributed by atoms with Crippen LogP contribution in [0.25, 0.3) is 11.3 Å². The molecular weight excluding hydrogens is 274 g/mol. The number of aromatic amines is 1. The zero-order valence-corrected chi connectivity index (χ0v) is 11.9. The van der Waals surface area contributed by atoms with E-state index in [4.69, 9.17) is 14.3 Å². The first-order valence-electron chi connectivity index (χ1n) is 6.35. The van der Waals surface area contributed by atoms with Gasteiger partial charge in [0.05, 0.1) is 26.0 Å². The lowest BCUT2D eigenvalue weighted by atomic mass is 10.1. The van der Waals surface area contributed by atoms with E-state index in [0.29, 0.717) is 18.0 Å². The predicted octanol–water partition coefficient (Wildman–Crippen LogP) is 1.39. The average Bonchev–Trinajstić information content (AvgIpc) is 3.01. The number of rotatable bonds is 7. The van der Waals surface area contributed by atoms with Crippen LogP contribution in [0.15, 0.2) is 30.3 Å². The van der Waals surface area contributed by atoms with Gasteiger partial charge in [-0.15, -0.1) is 0 Å². The molecule has 0 spiro atoms. The van der Waals surface area contributed by atoms with E-state index >= 15 is 0 Å². The number of aromatic nitrogens is 2. The number of ether oxygens (including phenoxy) is 2. The fourth-order valence-corrected chi connectivity index (χ4v) is 1.66. The highest BCUT2D eigenvalue weighted by atomic mass is 16.7. The lowest BCUT2D eigenvalue weighted by Crippen LogP contribution is -2.25. The molecule has 0 fully saturated rings. The third kappa shape index (κ3) is 4.04. The standard InChI is InChI=1S/C14H17N3O4/c1-19-6-7-21-17-14(18)13-9-12(15-16-13)10-4-3-5-11(8-10)20-2/h3-5,8-9H,6-7H2,1-2H3,(H,15,16)(H,17,18). The number of methoxy groups -OCH3 is 2. The molecule has 0 bridgehead atoms. The molecular formula is C14H17N3O4. The third-order valence-corrected chi connectivity index (χ3v) is 2.74. The number of amides is 1. The van der Waals surface area contributed by atoms with Crippen molar-refractivity contribution in [1.29, 1.82) is 0 Å². The molecule has 0 unspecified atom stereocenters. The molecule has 7 nitrogen and oxygen atoms in total. The van der Waals surface area contributed by atoms with Gasteiger partial charge in [-0.1, -0.05) is 12.1 Å². The topological polar surface area (TPSA) is 85.5 Å². The molecule has 2 rings (SSSR count). The molecule has 112 valence electrons. The maximum atomic E-state index is 11.8. The van der Waals surface area contributed by atoms with Crippen molar-refractivity contribution in [2.45, 2.75) is 0 Å². The largest absolute Gasteiger partial charge is 0.497 e. The second-order valence-electron chi connectivity index (χ2n) is 4.17. The van der Waals surface area contributed by atoms with Gasteiger partial charge in [0, 0.05) is 12.7 Å². The van der Waals surface area contributed by atoms with Crippen LogP contribution >= 0.6 is 0 Å². The Kier molecular flexibility index (Phi) is 5.30. The summed E-state index contributed by atoms with van der Waals surface area (Å²) >= 11 is 0. The molecule has 1 aromatic carbocycles. The molecule has 2 N–H and O–H groups in total. The van der Waals surface area contributed by atoms with Gasteiger partial charge in [-0.25, -0.2) is 5.48 Å². The average molecular weight is 291 g/mol. The highest BCUT2D eigenvalue weighted by Crippen LogP contribution is 2.22. The third-order valence-electron chi connectivity index (χ3n) is 2.74. The van der Waals surface area contributed by atoms with Gasteiger partial charge in [-0.2, -0.15) is 5.10 Å². The van der Waals surface area contributed by atoms with Crippen LogP contribution in [0.4, 0.5) is 0 Å². The summed E-state index contributed by atoms with van der Waals surface area (Å²) in [4.78, 5) is 16.8. The fourth-order valence-electron chi connectivity index (χ4n) is 1.66. The van der Waals surface area contributed by atoms with Gasteiger partial charge in [-0.3, -0.25) is 14.7 Å². The van der Waals surface area contributed by atoms with Crippen molar-refractivity contribution in [3.63, 3.8) is 0 Å². The second kappa shape index (κ2) is 7.41. The summed E-state index contributed by atoms with van der Waals surface area (Å²) in [5.74, 6) is 0.331. The summed E-state index contributed by atoms with van der Waals surface area (Å²) in [7, 11) is 3.15. The van der Waals surface area contributed by atoms with E-state index in [1.807, 2.05) is 24.3 Å². The van der Waals surface area contributed by atoms with Gasteiger partial charge in [0.1, 0.15) is 11.4 Å². The van der Waals surface area contributed by atoms with Crippen molar-refractivity contribution >= 4 is 5.91 Å². The van der Waals surface area contributed by atoms with Crippen LogP contribution in [0, 0.1) is 0 Å². The van der Waals surface area contributed by atoms with Crippen molar-refractivity contribution in [2.24, 2.45) is 0 Å². The SMILES string of the molecule is COCCONC(=O)c1cc(-c2cccc(OC)c2)n[nH]1. The van der Waals surface area contributed by atoms with Crippen LogP contribution in [0.1, 0.15) is 10.5 Å². The van der Waals surface area contributed by atoms with Crippen LogP contribution in [-0.2, 0) is 9.57 Å². The fraction of sp³-hybridized carbons (Fsp3) is 0.286. The number of hydrogen-bond donors (Lipinski definition) is 2. The minimum Gasteiger partial charge on any atom is -0.497 e. The van der Waals surface area contributed by atoms with E-state index in [-0.39, 0.29) is 6.61 Å². The minimum atomic E-state index is -0.396. The summed E-state index contributed by atoms with van der Waals surface area (Å²) in [6.45, 7) is 0.678. The molecule has 1 aromatic heterocycles. The molecule has 0 aliphatic heterocycles. The first-order chi connectivity index (χ1) is 10.2. The van der Waals surface area contributed by atoms with Crippen molar-refractivity contribution in [1.82, 2.24) is 15.7 Å². The lowest BCUT2D eigenvalue weighted by molar-refractivity contribution is 0.00858. The van der Waals surface area contributed by atoms with Crippen LogP contribution < -0.4 is 10.2 Å². The predicted molar refractivity (Wildman–Crippen MR) is 75.9 cm³/mol. The molecule has 0 radical (unpaired) electrons. The van der Waals surface area contributed by atoms with Gasteiger partial charge in [0.2, 0.25) is 0 Å². The van der Waals surface area contributed by atoms with E-state index in [2.05, 4.69) is 15.7 Å². The number of carbonyl (C=O) groups is 1. The Morgan fingerprint density at radius 3 is 2.90 bits per heavy atom. The smallest absolute Gasteiger partial charge is 0.292 e. The maximum absolute atomic E-state index is 11.8. The molecule has 0 saturated heterocycles. The Labute approximate surface area is 122 Å². The Morgan fingerprint density at radius 2 is 2.14 bits per heavy atom. The maximum Gasteiger partial charge on any atom is 0.292 e. The summed E-state index contributed by atoms with van der Waals surface area (Å²) in [5.41, 5.74) is 4.12. The zero-order chi connectivity index (χ0) is 15.1. The van der Waals surface area contributed by atoms with Crippen LogP contribution in [-0.4, -0.2) is 43.5 Å². The number of hydrogen-bond acceptors (Lipinski definition) is 5. The number of benzene rings is 1. The monoisotopic (exact) mass is 291 g/mol. The highest BCUT2D eigenvalue weighted by Gasteiger charge is 2.11. The number of nitrogens with one attached hydrogen (secondary N) is 2. The van der Waals surface area contributed by atoms with Crippen LogP contribution in [0.2, 0.25) is 0 Å². The van der Waals surface area contributed by atoms with Gasteiger partial charge >= 0.3 is 0 Å². The van der Waals surface area contributed by atoms with E-state index in [9.17, 15) is 4.79 Å². The van der Waals surface area contributed by atoms with Crippen LogP contribution in [0.5, 0.6) is 5.75 Å². The molecule has 0 atom stereocenters. The molecule has 2 aromatic rings. The first kappa shape index (κ1) is 15.0. The highest BCUT2D eigenvalue weighted by molar-refractivity contribution is 5.92. The summed E-state index contributed by atoms with van der Waals surface area (Å²) in [6, 6.07) is 9.07. The number of H-pyrrole nitrogens is 1. The lowest BCUT2D eigenvalue weighted by Gasteiger charge is -2.03. The van der Waals surface area contributed by atoms with Gasteiger partial charge in [0.15, 0.2) is 0 Å². The Balaban J connectivity index is 2.01. The number of nitrogens with zero attached hydrogens (tertiary/aromatic N) is 1. The van der Waals surface area contributed by atoms with Gasteiger partial charge < -0.3 is 9.47 Å². The zero-order valence-electron chi connectivity index (χ0n) is 11.9. The molecule has 0 saturated carbocycles. The van der Waals surface area contributed by atoms with Crippen molar-refractivity contribution in [3.8, 4) is 17.0 Å². The number of hydroxylamine groups is 1. The Morgan fingerprint density at radius 1 is 1.29 bits per heavy atom. The number of carbonyl (C=O) groups excluding carboxylic acids is 1. The summed E-state index contributed by atoms with van der Waals surface area (Å²) in [6.07, 6.45) is 0. The molecule has 0 aliphatic rings. The van der Waals surface area contributed by atoms with E-state index in [1.54, 1.807) is 20.3 Å². The second-order valence-corrected chi connectivity index (χ2v) is 4.17. The van der Waals surface area contributed by atoms with Crippen molar-refractivity contribution < 1.29 is 19.1 Å². The Bertz CT molecular complexity index is 597. The van der Waals surface area contributed by atoms with E-state index in [0.717, 1.165) is 11.3 Å². The molecule has 1 amide bonds. The van der Waals surface area contributed by atoms with Crippen molar-refractivity contribution in [2.75, 3.05) is 27.4 Å². The van der Waals surface area contributed by atoms with Crippen molar-refractivity contribution in [3.05, 3.63) is 36.0 Å². The van der Waals surface area contributed by atoms with E-state index in [1.165, 1.54) is 0 Å². The normalized spacial score (nSPS) is 10.4. The summed E-state index contributed by atoms with van der Waals surface area (Å²) in [5, 5.41) is 6.77. The Hall–Kier alpha value is -2.38. The van der Waals surface area contributed by atoms with Gasteiger partial charge in [0.25, 0.3) is 5.91 Å².